The molecule has 1 saturated heterocycles. The molecule has 0 unspecified atom stereocenters. The third kappa shape index (κ3) is 2.38. The maximum atomic E-state index is 12.3. The van der Waals surface area contributed by atoms with Crippen molar-refractivity contribution in [2.75, 3.05) is 25.9 Å². The molecule has 0 spiro atoms. The number of benzene rings is 1. The quantitative estimate of drug-likeness (QED) is 0.802. The Balaban J connectivity index is 2.14. The molecule has 1 aliphatic heterocycles. The monoisotopic (exact) mass is 264 g/mol. The minimum atomic E-state index is -0.775. The van der Waals surface area contributed by atoms with Crippen molar-refractivity contribution in [3.8, 4) is 5.75 Å². The average Bonchev–Trinajstić information content (AvgIpc) is 2.34. The molecule has 1 fully saturated rings. The third-order valence-corrected chi connectivity index (χ3v) is 3.78. The van der Waals surface area contributed by atoms with Gasteiger partial charge < -0.3 is 20.5 Å². The maximum Gasteiger partial charge on any atom is 0.256 e. The van der Waals surface area contributed by atoms with E-state index in [0.717, 1.165) is 0 Å². The van der Waals surface area contributed by atoms with Gasteiger partial charge in [-0.05, 0) is 24.1 Å². The molecule has 0 atom stereocenters. The standard InChI is InChI=1S/C14H20N2O3/c1-9(2)14(18)7-16(8-14)13(17)11-6-10(19-3)4-5-12(11)15/h4-6,9,18H,7-8,15H2,1-3H3. The molecule has 2 rings (SSSR count). The second-order valence-corrected chi connectivity index (χ2v) is 5.37. The average molecular weight is 264 g/mol. The summed E-state index contributed by atoms with van der Waals surface area (Å²) < 4.78 is 5.09. The van der Waals surface area contributed by atoms with Crippen LogP contribution in [0.3, 0.4) is 0 Å². The number of methoxy groups -OCH3 is 1. The van der Waals surface area contributed by atoms with E-state index in [-0.39, 0.29) is 11.8 Å². The van der Waals surface area contributed by atoms with Crippen LogP contribution in [0, 0.1) is 5.92 Å². The molecule has 1 aliphatic rings. The van der Waals surface area contributed by atoms with Gasteiger partial charge in [0.1, 0.15) is 11.4 Å². The summed E-state index contributed by atoms with van der Waals surface area (Å²) >= 11 is 0. The maximum absolute atomic E-state index is 12.3. The summed E-state index contributed by atoms with van der Waals surface area (Å²) in [6.07, 6.45) is 0. The lowest BCUT2D eigenvalue weighted by Gasteiger charge is -2.49. The zero-order valence-electron chi connectivity index (χ0n) is 11.5. The van der Waals surface area contributed by atoms with Gasteiger partial charge in [-0.3, -0.25) is 4.79 Å². The topological polar surface area (TPSA) is 75.8 Å². The fourth-order valence-corrected chi connectivity index (χ4v) is 2.14. The van der Waals surface area contributed by atoms with E-state index in [1.54, 1.807) is 30.2 Å². The zero-order chi connectivity index (χ0) is 14.2. The highest BCUT2D eigenvalue weighted by Gasteiger charge is 2.46. The summed E-state index contributed by atoms with van der Waals surface area (Å²) in [5.74, 6) is 0.554. The number of hydrogen-bond acceptors (Lipinski definition) is 4. The molecule has 0 radical (unpaired) electrons. The summed E-state index contributed by atoms with van der Waals surface area (Å²) in [5, 5.41) is 10.2. The van der Waals surface area contributed by atoms with Crippen LogP contribution in [0.2, 0.25) is 0 Å². The predicted molar refractivity (Wildman–Crippen MR) is 73.1 cm³/mol. The summed E-state index contributed by atoms with van der Waals surface area (Å²) in [5.41, 5.74) is 5.89. The van der Waals surface area contributed by atoms with Crippen molar-refractivity contribution in [3.63, 3.8) is 0 Å². The molecule has 19 heavy (non-hydrogen) atoms. The number of rotatable bonds is 3. The number of anilines is 1. The highest BCUT2D eigenvalue weighted by molar-refractivity contribution is 6.00. The number of amides is 1. The number of carbonyl (C=O) groups excluding carboxylic acids is 1. The highest BCUT2D eigenvalue weighted by Crippen LogP contribution is 2.31. The van der Waals surface area contributed by atoms with E-state index in [2.05, 4.69) is 0 Å². The highest BCUT2D eigenvalue weighted by atomic mass is 16.5. The Labute approximate surface area is 113 Å². The first kappa shape index (κ1) is 13.7. The van der Waals surface area contributed by atoms with Crippen LogP contribution in [-0.2, 0) is 0 Å². The van der Waals surface area contributed by atoms with Gasteiger partial charge in [-0.15, -0.1) is 0 Å². The first-order valence-electron chi connectivity index (χ1n) is 6.32. The van der Waals surface area contributed by atoms with E-state index in [1.165, 1.54) is 0 Å². The molecule has 1 amide bonds. The fourth-order valence-electron chi connectivity index (χ4n) is 2.14. The minimum absolute atomic E-state index is 0.124. The minimum Gasteiger partial charge on any atom is -0.497 e. The normalized spacial score (nSPS) is 17.2. The van der Waals surface area contributed by atoms with Crippen LogP contribution >= 0.6 is 0 Å². The number of nitrogen functional groups attached to an aromatic ring is 1. The lowest BCUT2D eigenvalue weighted by Crippen LogP contribution is -2.66. The number of nitrogens with two attached hydrogens (primary N) is 1. The first-order valence-corrected chi connectivity index (χ1v) is 6.32. The van der Waals surface area contributed by atoms with Gasteiger partial charge in [0, 0.05) is 5.69 Å². The molecular formula is C14H20N2O3. The number of likely N-dealkylation sites (tertiary alicyclic amines) is 1. The van der Waals surface area contributed by atoms with Gasteiger partial charge in [0.05, 0.1) is 25.8 Å². The van der Waals surface area contributed by atoms with Crippen molar-refractivity contribution >= 4 is 11.6 Å². The van der Waals surface area contributed by atoms with Crippen molar-refractivity contribution in [3.05, 3.63) is 23.8 Å². The second-order valence-electron chi connectivity index (χ2n) is 5.37. The van der Waals surface area contributed by atoms with Gasteiger partial charge in [0.25, 0.3) is 5.91 Å². The molecule has 1 aromatic carbocycles. The smallest absolute Gasteiger partial charge is 0.256 e. The van der Waals surface area contributed by atoms with Gasteiger partial charge in [-0.2, -0.15) is 0 Å². The molecular weight excluding hydrogens is 244 g/mol. The Morgan fingerprint density at radius 3 is 2.63 bits per heavy atom. The fraction of sp³-hybridized carbons (Fsp3) is 0.500. The Morgan fingerprint density at radius 2 is 2.11 bits per heavy atom. The zero-order valence-corrected chi connectivity index (χ0v) is 11.5. The molecule has 0 aromatic heterocycles. The largest absolute Gasteiger partial charge is 0.497 e. The first-order chi connectivity index (χ1) is 8.87. The van der Waals surface area contributed by atoms with E-state index in [9.17, 15) is 9.90 Å². The van der Waals surface area contributed by atoms with Gasteiger partial charge in [-0.25, -0.2) is 0 Å². The number of carbonyl (C=O) groups is 1. The van der Waals surface area contributed by atoms with Crippen molar-refractivity contribution in [2.24, 2.45) is 5.92 Å². The van der Waals surface area contributed by atoms with E-state index in [1.807, 2.05) is 13.8 Å². The van der Waals surface area contributed by atoms with Crippen LogP contribution in [0.25, 0.3) is 0 Å². The summed E-state index contributed by atoms with van der Waals surface area (Å²) in [6, 6.07) is 5.00. The Kier molecular flexibility index (Phi) is 3.41. The molecule has 5 nitrogen and oxygen atoms in total. The Hall–Kier alpha value is -1.75. The van der Waals surface area contributed by atoms with Crippen molar-refractivity contribution < 1.29 is 14.6 Å². The number of aliphatic hydroxyl groups is 1. The van der Waals surface area contributed by atoms with Gasteiger partial charge in [0.2, 0.25) is 0 Å². The predicted octanol–water partition coefficient (Wildman–Crippen LogP) is 1.12. The van der Waals surface area contributed by atoms with Crippen molar-refractivity contribution in [1.82, 2.24) is 4.90 Å². The second kappa shape index (κ2) is 4.74. The molecule has 0 bridgehead atoms. The van der Waals surface area contributed by atoms with Crippen LogP contribution in [0.1, 0.15) is 24.2 Å². The van der Waals surface area contributed by atoms with Crippen LogP contribution in [0.15, 0.2) is 18.2 Å². The van der Waals surface area contributed by atoms with Gasteiger partial charge in [-0.1, -0.05) is 13.8 Å². The van der Waals surface area contributed by atoms with Crippen LogP contribution in [0.5, 0.6) is 5.75 Å². The number of nitrogens with zero attached hydrogens (tertiary/aromatic N) is 1. The van der Waals surface area contributed by atoms with Crippen molar-refractivity contribution in [2.45, 2.75) is 19.4 Å². The van der Waals surface area contributed by atoms with Gasteiger partial charge >= 0.3 is 0 Å². The molecule has 5 heteroatoms. The third-order valence-electron chi connectivity index (χ3n) is 3.78. The Bertz CT molecular complexity index is 493. The lowest BCUT2D eigenvalue weighted by atomic mass is 9.82. The number of hydrogen-bond donors (Lipinski definition) is 2. The molecule has 1 aromatic rings. The molecule has 1 heterocycles. The molecule has 3 N–H and O–H groups in total. The van der Waals surface area contributed by atoms with E-state index in [0.29, 0.717) is 30.1 Å². The lowest BCUT2D eigenvalue weighted by molar-refractivity contribution is -0.110. The number of ether oxygens (including phenoxy) is 1. The summed E-state index contributed by atoms with van der Waals surface area (Å²) in [7, 11) is 1.54. The Morgan fingerprint density at radius 1 is 1.47 bits per heavy atom. The molecule has 0 aliphatic carbocycles. The van der Waals surface area contributed by atoms with E-state index in [4.69, 9.17) is 10.5 Å². The molecule has 104 valence electrons. The van der Waals surface area contributed by atoms with E-state index < -0.39 is 5.60 Å². The van der Waals surface area contributed by atoms with Crippen molar-refractivity contribution in [1.29, 1.82) is 0 Å². The van der Waals surface area contributed by atoms with Crippen LogP contribution in [-0.4, -0.2) is 41.7 Å². The summed E-state index contributed by atoms with van der Waals surface area (Å²) in [4.78, 5) is 13.9. The molecule has 0 saturated carbocycles. The number of β-amino-alcohol motifs (C(OH)–C–C–N with tert-alkyl or cyclic N) is 1. The van der Waals surface area contributed by atoms with Gasteiger partial charge in [0.15, 0.2) is 0 Å². The SMILES string of the molecule is COc1ccc(N)c(C(=O)N2CC(O)(C(C)C)C2)c1. The van der Waals surface area contributed by atoms with E-state index >= 15 is 0 Å². The van der Waals surface area contributed by atoms with Crippen LogP contribution < -0.4 is 10.5 Å². The summed E-state index contributed by atoms with van der Waals surface area (Å²) in [6.45, 7) is 4.59. The van der Waals surface area contributed by atoms with Crippen LogP contribution in [0.4, 0.5) is 5.69 Å².